The summed E-state index contributed by atoms with van der Waals surface area (Å²) in [6.07, 6.45) is 3.04. The Bertz CT molecular complexity index is 65.7. The maximum absolute atomic E-state index is 9.63. The van der Waals surface area contributed by atoms with Crippen LogP contribution in [0.3, 0.4) is 0 Å². The van der Waals surface area contributed by atoms with Gasteiger partial charge in [-0.05, 0) is 6.30 Å². The van der Waals surface area contributed by atoms with Crippen LogP contribution in [0.1, 0.15) is 0 Å². The van der Waals surface area contributed by atoms with Gasteiger partial charge in [-0.2, -0.15) is 0 Å². The van der Waals surface area contributed by atoms with Crippen molar-refractivity contribution in [3.63, 3.8) is 0 Å². The monoisotopic (exact) mass is 92.0 g/mol. The summed E-state index contributed by atoms with van der Waals surface area (Å²) in [5, 5.41) is 0. The lowest BCUT2D eigenvalue weighted by molar-refractivity contribution is 0.430. The van der Waals surface area contributed by atoms with E-state index in [1.807, 2.05) is 0 Å². The standard InChI is InChI=1S/C2H5O2P/c1-4-5(2)3/h2H2,1H3. The summed E-state index contributed by atoms with van der Waals surface area (Å²) < 4.78 is 13.8. The molecule has 0 aliphatic rings. The molecule has 5 heavy (non-hydrogen) atoms. The van der Waals surface area contributed by atoms with Crippen LogP contribution >= 0.6 is 7.65 Å². The van der Waals surface area contributed by atoms with Gasteiger partial charge in [-0.25, -0.2) is 0 Å². The third kappa shape index (κ3) is 3.93. The molecule has 0 N–H and O–H groups in total. The summed E-state index contributed by atoms with van der Waals surface area (Å²) >= 11 is 0. The zero-order valence-electron chi connectivity index (χ0n) is 2.97. The fourth-order valence-electron chi connectivity index (χ4n) is 0. The van der Waals surface area contributed by atoms with Crippen LogP contribution in [-0.2, 0) is 9.09 Å². The molecule has 0 amide bonds. The highest BCUT2D eigenvalue weighted by molar-refractivity contribution is 7.37. The second-order valence-corrected chi connectivity index (χ2v) is 1.55. The first-order valence-corrected chi connectivity index (χ1v) is 2.45. The molecule has 0 rings (SSSR count). The molecule has 0 heterocycles. The predicted molar refractivity (Wildman–Crippen MR) is 21.7 cm³/mol. The Morgan fingerprint density at radius 3 is 2.20 bits per heavy atom. The summed E-state index contributed by atoms with van der Waals surface area (Å²) in [5.74, 6) is 0. The van der Waals surface area contributed by atoms with Crippen LogP contribution in [-0.4, -0.2) is 13.4 Å². The topological polar surface area (TPSA) is 26.3 Å². The highest BCUT2D eigenvalue weighted by atomic mass is 31.1. The van der Waals surface area contributed by atoms with Crippen molar-refractivity contribution in [2.45, 2.75) is 0 Å². The lowest BCUT2D eigenvalue weighted by atomic mass is 11.8. The van der Waals surface area contributed by atoms with Gasteiger partial charge >= 0.3 is 0 Å². The lowest BCUT2D eigenvalue weighted by Gasteiger charge is -1.68. The average Bonchev–Trinajstić information content (AvgIpc) is 1.38. The van der Waals surface area contributed by atoms with Gasteiger partial charge in [0.15, 0.2) is 0 Å². The molecule has 2 nitrogen and oxygen atoms in total. The number of hydrogen-bond acceptors (Lipinski definition) is 2. The van der Waals surface area contributed by atoms with E-state index in [0.717, 1.165) is 0 Å². The smallest absolute Gasteiger partial charge is 0.231 e. The molecule has 0 aromatic rings. The largest absolute Gasteiger partial charge is 0.305 e. The Kier molecular flexibility index (Phi) is 2.15. The van der Waals surface area contributed by atoms with Crippen LogP contribution in [0.4, 0.5) is 0 Å². The molecule has 0 aliphatic heterocycles. The first-order valence-electron chi connectivity index (χ1n) is 1.09. The van der Waals surface area contributed by atoms with Crippen LogP contribution in [0.15, 0.2) is 0 Å². The van der Waals surface area contributed by atoms with E-state index in [9.17, 15) is 4.57 Å². The van der Waals surface area contributed by atoms with Crippen molar-refractivity contribution in [2.75, 3.05) is 7.11 Å². The molecule has 0 bridgehead atoms. The Morgan fingerprint density at radius 2 is 2.20 bits per heavy atom. The van der Waals surface area contributed by atoms with E-state index in [-0.39, 0.29) is 0 Å². The van der Waals surface area contributed by atoms with Gasteiger partial charge in [-0.3, -0.25) is 4.57 Å². The van der Waals surface area contributed by atoms with Gasteiger partial charge in [0.05, 0.1) is 0 Å². The first-order chi connectivity index (χ1) is 2.27. The minimum atomic E-state index is -1.60. The van der Waals surface area contributed by atoms with Gasteiger partial charge in [-0.15, -0.1) is 0 Å². The highest BCUT2D eigenvalue weighted by Crippen LogP contribution is 1.96. The zero-order valence-corrected chi connectivity index (χ0v) is 3.87. The van der Waals surface area contributed by atoms with Crippen LogP contribution in [0, 0.1) is 0 Å². The number of hydrogen-bond donors (Lipinski definition) is 0. The number of rotatable bonds is 1. The summed E-state index contributed by atoms with van der Waals surface area (Å²) in [4.78, 5) is 0. The molecule has 1 unspecified atom stereocenters. The first kappa shape index (κ1) is 4.93. The summed E-state index contributed by atoms with van der Waals surface area (Å²) in [7, 11) is -0.245. The van der Waals surface area contributed by atoms with Crippen molar-refractivity contribution in [3.8, 4) is 0 Å². The third-order valence-electron chi connectivity index (χ3n) is 0.204. The fraction of sp³-hybridized carbons (Fsp3) is 0.500. The van der Waals surface area contributed by atoms with Crippen molar-refractivity contribution in [3.05, 3.63) is 0 Å². The Morgan fingerprint density at radius 1 is 2.00 bits per heavy atom. The quantitative estimate of drug-likeness (QED) is 0.447. The van der Waals surface area contributed by atoms with Crippen molar-refractivity contribution < 1.29 is 9.09 Å². The van der Waals surface area contributed by atoms with Crippen LogP contribution in [0.2, 0.25) is 0 Å². The van der Waals surface area contributed by atoms with Gasteiger partial charge < -0.3 is 4.52 Å². The molecule has 0 aliphatic carbocycles. The van der Waals surface area contributed by atoms with Crippen molar-refractivity contribution in [2.24, 2.45) is 0 Å². The van der Waals surface area contributed by atoms with E-state index in [2.05, 4.69) is 10.8 Å². The maximum atomic E-state index is 9.63. The van der Waals surface area contributed by atoms with Crippen molar-refractivity contribution in [1.82, 2.24) is 0 Å². The molecule has 0 aromatic heterocycles. The second kappa shape index (κ2) is 2.18. The van der Waals surface area contributed by atoms with E-state index in [4.69, 9.17) is 0 Å². The molecule has 0 radical (unpaired) electrons. The van der Waals surface area contributed by atoms with E-state index in [0.29, 0.717) is 0 Å². The Hall–Kier alpha value is -0.0700. The Balaban J connectivity index is 3.23. The molecule has 0 aromatic carbocycles. The third-order valence-corrected chi connectivity index (χ3v) is 0.611. The van der Waals surface area contributed by atoms with Crippen LogP contribution < -0.4 is 0 Å². The molecule has 0 spiro atoms. The van der Waals surface area contributed by atoms with E-state index >= 15 is 0 Å². The van der Waals surface area contributed by atoms with Gasteiger partial charge in [0, 0.05) is 7.11 Å². The summed E-state index contributed by atoms with van der Waals surface area (Å²) in [6, 6.07) is 0. The minimum absolute atomic E-state index is 1.35. The normalized spacial score (nSPS) is 11.0. The minimum Gasteiger partial charge on any atom is -0.305 e. The molecular formula is C2H5O2P. The van der Waals surface area contributed by atoms with Gasteiger partial charge in [0.2, 0.25) is 7.65 Å². The van der Waals surface area contributed by atoms with Crippen molar-refractivity contribution >= 4 is 14.0 Å². The van der Waals surface area contributed by atoms with Gasteiger partial charge in [0.25, 0.3) is 0 Å². The van der Waals surface area contributed by atoms with E-state index in [1.54, 1.807) is 0 Å². The second-order valence-electron chi connectivity index (χ2n) is 0.515. The molecule has 30 valence electrons. The SMILES string of the molecule is C=P(=O)OC. The lowest BCUT2D eigenvalue weighted by Crippen LogP contribution is -1.49. The fourth-order valence-corrected chi connectivity index (χ4v) is 0. The molecule has 0 fully saturated rings. The molecule has 0 saturated carbocycles. The molecule has 1 atom stereocenters. The van der Waals surface area contributed by atoms with E-state index < -0.39 is 7.65 Å². The van der Waals surface area contributed by atoms with Gasteiger partial charge in [-0.1, -0.05) is 0 Å². The van der Waals surface area contributed by atoms with Crippen LogP contribution in [0.5, 0.6) is 0 Å². The molecule has 0 saturated heterocycles. The van der Waals surface area contributed by atoms with Crippen LogP contribution in [0.25, 0.3) is 0 Å². The maximum Gasteiger partial charge on any atom is 0.231 e. The van der Waals surface area contributed by atoms with E-state index in [1.165, 1.54) is 7.11 Å². The summed E-state index contributed by atoms with van der Waals surface area (Å²) in [6.45, 7) is 0. The molecule has 3 heteroatoms. The van der Waals surface area contributed by atoms with Crippen molar-refractivity contribution in [1.29, 1.82) is 0 Å². The Labute approximate surface area is 31.3 Å². The zero-order chi connectivity index (χ0) is 4.28. The molecular weight excluding hydrogens is 87.0 g/mol. The predicted octanol–water partition coefficient (Wildman–Crippen LogP) is 0.807. The highest BCUT2D eigenvalue weighted by Gasteiger charge is 1.60. The van der Waals surface area contributed by atoms with Gasteiger partial charge in [0.1, 0.15) is 0 Å². The average molecular weight is 92.0 g/mol. The summed E-state index contributed by atoms with van der Waals surface area (Å²) in [5.41, 5.74) is 0.